The summed E-state index contributed by atoms with van der Waals surface area (Å²) in [7, 11) is 3.29. The zero-order valence-electron chi connectivity index (χ0n) is 18.1. The van der Waals surface area contributed by atoms with Crippen molar-refractivity contribution in [3.63, 3.8) is 0 Å². The molecular weight excluding hydrogens is 414 g/mol. The van der Waals surface area contributed by atoms with Crippen LogP contribution in [0.5, 0.6) is 5.75 Å². The third kappa shape index (κ3) is 3.93. The number of hydrogen-bond donors (Lipinski definition) is 1. The lowest BCUT2D eigenvalue weighted by Gasteiger charge is -2.24. The molecule has 6 nitrogen and oxygen atoms in total. The van der Waals surface area contributed by atoms with Crippen LogP contribution in [0.25, 0.3) is 11.4 Å². The molecule has 0 radical (unpaired) electrons. The highest BCUT2D eigenvalue weighted by atomic mass is 35.5. The lowest BCUT2D eigenvalue weighted by atomic mass is 10.1. The molecule has 1 N–H and O–H groups in total. The van der Waals surface area contributed by atoms with Gasteiger partial charge in [0, 0.05) is 25.6 Å². The lowest BCUT2D eigenvalue weighted by molar-refractivity contribution is 0.0574. The second kappa shape index (κ2) is 8.73. The zero-order chi connectivity index (χ0) is 22.1. The molecule has 1 aliphatic rings. The number of ether oxygens (including phenoxy) is 2. The first-order chi connectivity index (χ1) is 14.9. The van der Waals surface area contributed by atoms with Gasteiger partial charge in [0.15, 0.2) is 0 Å². The Morgan fingerprint density at radius 2 is 2.03 bits per heavy atom. The van der Waals surface area contributed by atoms with E-state index in [1.54, 1.807) is 26.3 Å². The summed E-state index contributed by atoms with van der Waals surface area (Å²) in [4.78, 5) is 18.1. The van der Waals surface area contributed by atoms with Crippen molar-refractivity contribution >= 4 is 17.3 Å². The van der Waals surface area contributed by atoms with Gasteiger partial charge >= 0.3 is 0 Å². The Balaban J connectivity index is 1.74. The second-order valence-electron chi connectivity index (χ2n) is 7.62. The molecule has 0 aliphatic heterocycles. The van der Waals surface area contributed by atoms with Gasteiger partial charge < -0.3 is 14.8 Å². The highest BCUT2D eigenvalue weighted by Crippen LogP contribution is 2.36. The Labute approximate surface area is 186 Å². The molecule has 0 saturated heterocycles. The number of rotatable bonds is 6. The predicted octanol–water partition coefficient (Wildman–Crippen LogP) is 4.53. The van der Waals surface area contributed by atoms with Gasteiger partial charge in [-0.25, -0.2) is 4.98 Å². The molecule has 2 atom stereocenters. The molecule has 2 aromatic carbocycles. The third-order valence-corrected chi connectivity index (χ3v) is 6.07. The highest BCUT2D eigenvalue weighted by Gasteiger charge is 2.34. The van der Waals surface area contributed by atoms with E-state index < -0.39 is 0 Å². The van der Waals surface area contributed by atoms with Crippen molar-refractivity contribution in [3.8, 4) is 17.1 Å². The van der Waals surface area contributed by atoms with Gasteiger partial charge in [-0.1, -0.05) is 35.9 Å². The molecule has 3 aromatic rings. The average molecular weight is 440 g/mol. The third-order valence-electron chi connectivity index (χ3n) is 5.75. The van der Waals surface area contributed by atoms with Gasteiger partial charge in [-0.3, -0.25) is 9.36 Å². The van der Waals surface area contributed by atoms with Crippen LogP contribution < -0.4 is 15.6 Å². The van der Waals surface area contributed by atoms with Crippen molar-refractivity contribution in [2.75, 3.05) is 19.0 Å². The standard InChI is InChI=1S/C24H26ClN3O3/c1-5-31-20-12-15-8-6-7-9-17(15)22(20)27-21-14(2)26-23(28(3)24(21)29)18-11-10-16(30-4)13-19(18)25/h6-11,13,20,22,27H,5,12H2,1-4H3. The van der Waals surface area contributed by atoms with E-state index in [2.05, 4.69) is 17.4 Å². The normalized spacial score (nSPS) is 17.5. The van der Waals surface area contributed by atoms with Gasteiger partial charge in [0.2, 0.25) is 0 Å². The molecule has 0 bridgehead atoms. The smallest absolute Gasteiger partial charge is 0.277 e. The number of benzene rings is 2. The zero-order valence-corrected chi connectivity index (χ0v) is 18.9. The van der Waals surface area contributed by atoms with E-state index in [0.717, 1.165) is 12.0 Å². The van der Waals surface area contributed by atoms with Crippen LogP contribution in [0.15, 0.2) is 47.3 Å². The molecule has 1 heterocycles. The van der Waals surface area contributed by atoms with Gasteiger partial charge in [0.25, 0.3) is 5.56 Å². The van der Waals surface area contributed by atoms with E-state index >= 15 is 0 Å². The summed E-state index contributed by atoms with van der Waals surface area (Å²) in [6, 6.07) is 13.5. The van der Waals surface area contributed by atoms with E-state index in [0.29, 0.717) is 40.1 Å². The number of halogens is 1. The summed E-state index contributed by atoms with van der Waals surface area (Å²) in [5.74, 6) is 1.16. The Kier molecular flexibility index (Phi) is 6.03. The number of fused-ring (bicyclic) bond motifs is 1. The first kappa shape index (κ1) is 21.4. The van der Waals surface area contributed by atoms with Crippen LogP contribution in [0, 0.1) is 6.92 Å². The molecule has 4 rings (SSSR count). The van der Waals surface area contributed by atoms with E-state index in [9.17, 15) is 4.79 Å². The van der Waals surface area contributed by atoms with Crippen LogP contribution in [0.3, 0.4) is 0 Å². The summed E-state index contributed by atoms with van der Waals surface area (Å²) >= 11 is 6.44. The summed E-state index contributed by atoms with van der Waals surface area (Å²) in [6.45, 7) is 4.43. The molecule has 1 aliphatic carbocycles. The van der Waals surface area contributed by atoms with Gasteiger partial charge in [-0.15, -0.1) is 0 Å². The summed E-state index contributed by atoms with van der Waals surface area (Å²) < 4.78 is 12.7. The fourth-order valence-electron chi connectivity index (χ4n) is 4.17. The van der Waals surface area contributed by atoms with Crippen LogP contribution >= 0.6 is 11.6 Å². The van der Waals surface area contributed by atoms with Crippen LogP contribution in [0.2, 0.25) is 5.02 Å². The Bertz CT molecular complexity index is 1180. The van der Waals surface area contributed by atoms with Gasteiger partial charge in [-0.05, 0) is 43.2 Å². The number of methoxy groups -OCH3 is 1. The quantitative estimate of drug-likeness (QED) is 0.611. The van der Waals surface area contributed by atoms with Crippen molar-refractivity contribution in [2.45, 2.75) is 32.4 Å². The second-order valence-corrected chi connectivity index (χ2v) is 8.03. The number of aryl methyl sites for hydroxylation is 1. The maximum atomic E-state index is 13.3. The molecule has 162 valence electrons. The topological polar surface area (TPSA) is 65.4 Å². The summed E-state index contributed by atoms with van der Waals surface area (Å²) in [6.07, 6.45) is 0.774. The van der Waals surface area contributed by atoms with E-state index in [1.165, 1.54) is 10.1 Å². The molecule has 0 saturated carbocycles. The van der Waals surface area contributed by atoms with Crippen molar-refractivity contribution in [1.82, 2.24) is 9.55 Å². The molecule has 2 unspecified atom stereocenters. The minimum Gasteiger partial charge on any atom is -0.497 e. The van der Waals surface area contributed by atoms with Gasteiger partial charge in [0.05, 0.1) is 30.0 Å². The molecule has 0 amide bonds. The van der Waals surface area contributed by atoms with Crippen LogP contribution in [-0.2, 0) is 18.2 Å². The van der Waals surface area contributed by atoms with Crippen molar-refractivity contribution in [3.05, 3.63) is 74.7 Å². The molecule has 0 fully saturated rings. The van der Waals surface area contributed by atoms with E-state index in [4.69, 9.17) is 26.1 Å². The molecular formula is C24H26ClN3O3. The minimum absolute atomic E-state index is 0.0396. The van der Waals surface area contributed by atoms with Gasteiger partial charge in [0.1, 0.15) is 17.3 Å². The lowest BCUT2D eigenvalue weighted by Crippen LogP contribution is -2.31. The minimum atomic E-state index is -0.158. The number of anilines is 1. The molecule has 1 aromatic heterocycles. The average Bonchev–Trinajstić information content (AvgIpc) is 3.11. The Hall–Kier alpha value is -2.83. The number of hydrogen-bond acceptors (Lipinski definition) is 5. The Morgan fingerprint density at radius 3 is 2.74 bits per heavy atom. The first-order valence-electron chi connectivity index (χ1n) is 10.3. The van der Waals surface area contributed by atoms with E-state index in [1.807, 2.05) is 32.0 Å². The SMILES string of the molecule is CCOC1Cc2ccccc2C1Nc1c(C)nc(-c2ccc(OC)cc2Cl)n(C)c1=O. The maximum Gasteiger partial charge on any atom is 0.277 e. The van der Waals surface area contributed by atoms with Crippen molar-refractivity contribution in [1.29, 1.82) is 0 Å². The largest absolute Gasteiger partial charge is 0.497 e. The summed E-state index contributed by atoms with van der Waals surface area (Å²) in [5.41, 5.74) is 4.00. The fraction of sp³-hybridized carbons (Fsp3) is 0.333. The predicted molar refractivity (Wildman–Crippen MR) is 123 cm³/mol. The van der Waals surface area contributed by atoms with E-state index in [-0.39, 0.29) is 17.7 Å². The van der Waals surface area contributed by atoms with Crippen LogP contribution in [0.1, 0.15) is 29.8 Å². The molecule has 0 spiro atoms. The van der Waals surface area contributed by atoms with Crippen molar-refractivity contribution in [2.24, 2.45) is 7.05 Å². The number of nitrogens with zero attached hydrogens (tertiary/aromatic N) is 2. The fourth-order valence-corrected chi connectivity index (χ4v) is 4.43. The number of nitrogens with one attached hydrogen (secondary N) is 1. The van der Waals surface area contributed by atoms with Crippen LogP contribution in [0.4, 0.5) is 5.69 Å². The number of aromatic nitrogens is 2. The van der Waals surface area contributed by atoms with Crippen molar-refractivity contribution < 1.29 is 9.47 Å². The first-order valence-corrected chi connectivity index (χ1v) is 10.7. The Morgan fingerprint density at radius 1 is 1.26 bits per heavy atom. The molecule has 7 heteroatoms. The van der Waals surface area contributed by atoms with Crippen LogP contribution in [-0.4, -0.2) is 29.4 Å². The monoisotopic (exact) mass is 439 g/mol. The van der Waals surface area contributed by atoms with Gasteiger partial charge in [-0.2, -0.15) is 0 Å². The maximum absolute atomic E-state index is 13.3. The molecule has 31 heavy (non-hydrogen) atoms. The summed E-state index contributed by atoms with van der Waals surface area (Å²) in [5, 5.41) is 3.92. The highest BCUT2D eigenvalue weighted by molar-refractivity contribution is 6.33.